The number of nitrogens with zero attached hydrogens (tertiary/aromatic N) is 1. The van der Waals surface area contributed by atoms with Gasteiger partial charge in [-0.2, -0.15) is 0 Å². The van der Waals surface area contributed by atoms with Crippen LogP contribution in [0.2, 0.25) is 0 Å². The van der Waals surface area contributed by atoms with Crippen molar-refractivity contribution in [1.82, 2.24) is 10.4 Å². The second kappa shape index (κ2) is 2.49. The standard InChI is InChI=1S/C7H14N2O/c1-6-2-8-9(3-6)7-4-10-5-7/h6-8H,2-5H2,1H3. The number of hydrazine groups is 1. The minimum absolute atomic E-state index is 0.657. The zero-order valence-corrected chi connectivity index (χ0v) is 6.34. The third-order valence-corrected chi connectivity index (χ3v) is 2.21. The van der Waals surface area contributed by atoms with Crippen LogP contribution in [0.4, 0.5) is 0 Å². The molecule has 1 unspecified atom stereocenters. The third kappa shape index (κ3) is 1.05. The molecule has 2 heterocycles. The van der Waals surface area contributed by atoms with Crippen molar-refractivity contribution in [2.24, 2.45) is 5.92 Å². The Bertz CT molecular complexity index is 125. The van der Waals surface area contributed by atoms with Gasteiger partial charge in [-0.15, -0.1) is 0 Å². The Kier molecular flexibility index (Phi) is 1.64. The predicted molar refractivity (Wildman–Crippen MR) is 38.5 cm³/mol. The molecule has 2 fully saturated rings. The highest BCUT2D eigenvalue weighted by Gasteiger charge is 2.30. The van der Waals surface area contributed by atoms with E-state index in [4.69, 9.17) is 4.74 Å². The molecule has 0 bridgehead atoms. The van der Waals surface area contributed by atoms with Crippen molar-refractivity contribution in [1.29, 1.82) is 0 Å². The molecule has 10 heavy (non-hydrogen) atoms. The molecule has 0 aromatic heterocycles. The molecule has 0 aromatic carbocycles. The lowest BCUT2D eigenvalue weighted by Crippen LogP contribution is -2.52. The molecule has 2 rings (SSSR count). The quantitative estimate of drug-likeness (QED) is 0.550. The summed E-state index contributed by atoms with van der Waals surface area (Å²) in [5.41, 5.74) is 3.36. The van der Waals surface area contributed by atoms with Crippen molar-refractivity contribution in [3.63, 3.8) is 0 Å². The van der Waals surface area contributed by atoms with Crippen molar-refractivity contribution >= 4 is 0 Å². The van der Waals surface area contributed by atoms with Gasteiger partial charge in [0.25, 0.3) is 0 Å². The van der Waals surface area contributed by atoms with Crippen molar-refractivity contribution in [2.75, 3.05) is 26.3 Å². The lowest BCUT2D eigenvalue weighted by Gasteiger charge is -2.34. The van der Waals surface area contributed by atoms with Gasteiger partial charge in [-0.1, -0.05) is 6.92 Å². The van der Waals surface area contributed by atoms with E-state index in [-0.39, 0.29) is 0 Å². The molecule has 1 atom stereocenters. The fourth-order valence-electron chi connectivity index (χ4n) is 1.42. The van der Waals surface area contributed by atoms with Crippen LogP contribution in [0.15, 0.2) is 0 Å². The van der Waals surface area contributed by atoms with Crippen molar-refractivity contribution in [3.05, 3.63) is 0 Å². The first-order valence-corrected chi connectivity index (χ1v) is 3.94. The molecular formula is C7H14N2O. The molecule has 0 spiro atoms. The van der Waals surface area contributed by atoms with Gasteiger partial charge in [0, 0.05) is 13.1 Å². The molecule has 58 valence electrons. The number of hydrogen-bond donors (Lipinski definition) is 1. The van der Waals surface area contributed by atoms with Gasteiger partial charge in [0.1, 0.15) is 0 Å². The monoisotopic (exact) mass is 142 g/mol. The van der Waals surface area contributed by atoms with E-state index in [2.05, 4.69) is 17.4 Å². The Labute approximate surface area is 61.3 Å². The normalized spacial score (nSPS) is 36.3. The van der Waals surface area contributed by atoms with Gasteiger partial charge in [0.15, 0.2) is 0 Å². The Morgan fingerprint density at radius 3 is 2.70 bits per heavy atom. The van der Waals surface area contributed by atoms with Gasteiger partial charge < -0.3 is 4.74 Å². The molecule has 1 N–H and O–H groups in total. The van der Waals surface area contributed by atoms with Gasteiger partial charge in [-0.3, -0.25) is 5.43 Å². The average molecular weight is 142 g/mol. The summed E-state index contributed by atoms with van der Waals surface area (Å²) in [5, 5.41) is 2.31. The van der Waals surface area contributed by atoms with E-state index >= 15 is 0 Å². The molecular weight excluding hydrogens is 128 g/mol. The van der Waals surface area contributed by atoms with Gasteiger partial charge in [0.05, 0.1) is 19.3 Å². The second-order valence-corrected chi connectivity index (χ2v) is 3.31. The largest absolute Gasteiger partial charge is 0.378 e. The molecule has 0 radical (unpaired) electrons. The summed E-state index contributed by atoms with van der Waals surface area (Å²) < 4.78 is 5.10. The highest BCUT2D eigenvalue weighted by Crippen LogP contribution is 2.14. The molecule has 2 aliphatic rings. The molecule has 3 nitrogen and oxygen atoms in total. The van der Waals surface area contributed by atoms with Crippen LogP contribution in [-0.4, -0.2) is 37.4 Å². The highest BCUT2D eigenvalue weighted by molar-refractivity contribution is 4.80. The van der Waals surface area contributed by atoms with Crippen molar-refractivity contribution in [2.45, 2.75) is 13.0 Å². The van der Waals surface area contributed by atoms with Crippen LogP contribution in [0.5, 0.6) is 0 Å². The fourth-order valence-corrected chi connectivity index (χ4v) is 1.42. The maximum atomic E-state index is 5.10. The van der Waals surface area contributed by atoms with E-state index in [1.54, 1.807) is 0 Å². The first-order chi connectivity index (χ1) is 4.86. The first-order valence-electron chi connectivity index (χ1n) is 3.94. The minimum Gasteiger partial charge on any atom is -0.378 e. The average Bonchev–Trinajstić information content (AvgIpc) is 2.10. The molecule has 0 aromatic rings. The molecule has 2 saturated heterocycles. The van der Waals surface area contributed by atoms with Crippen molar-refractivity contribution < 1.29 is 4.74 Å². The molecule has 0 amide bonds. The summed E-state index contributed by atoms with van der Waals surface area (Å²) >= 11 is 0. The smallest absolute Gasteiger partial charge is 0.0711 e. The Morgan fingerprint density at radius 1 is 1.50 bits per heavy atom. The van der Waals surface area contributed by atoms with E-state index in [0.717, 1.165) is 25.7 Å². The van der Waals surface area contributed by atoms with E-state index in [0.29, 0.717) is 6.04 Å². The number of nitrogens with one attached hydrogen (secondary N) is 1. The zero-order valence-electron chi connectivity index (χ0n) is 6.34. The predicted octanol–water partition coefficient (Wildman–Crippen LogP) is -0.159. The van der Waals surface area contributed by atoms with E-state index in [1.165, 1.54) is 6.54 Å². The van der Waals surface area contributed by atoms with Gasteiger partial charge in [0.2, 0.25) is 0 Å². The van der Waals surface area contributed by atoms with Crippen LogP contribution in [-0.2, 0) is 4.74 Å². The molecule has 2 aliphatic heterocycles. The SMILES string of the molecule is CC1CNN(C2COC2)C1. The fraction of sp³-hybridized carbons (Fsp3) is 1.00. The highest BCUT2D eigenvalue weighted by atomic mass is 16.5. The van der Waals surface area contributed by atoms with Crippen LogP contribution in [0.3, 0.4) is 0 Å². The topological polar surface area (TPSA) is 24.5 Å². The van der Waals surface area contributed by atoms with E-state index in [9.17, 15) is 0 Å². The summed E-state index contributed by atoms with van der Waals surface area (Å²) in [7, 11) is 0. The zero-order chi connectivity index (χ0) is 6.97. The van der Waals surface area contributed by atoms with Crippen molar-refractivity contribution in [3.8, 4) is 0 Å². The maximum Gasteiger partial charge on any atom is 0.0711 e. The van der Waals surface area contributed by atoms with Crippen LogP contribution in [0.1, 0.15) is 6.92 Å². The summed E-state index contributed by atoms with van der Waals surface area (Å²) in [5.74, 6) is 0.806. The van der Waals surface area contributed by atoms with E-state index in [1.807, 2.05) is 0 Å². The summed E-state index contributed by atoms with van der Waals surface area (Å²) in [6, 6.07) is 0.657. The van der Waals surface area contributed by atoms with Gasteiger partial charge >= 0.3 is 0 Å². The number of ether oxygens (including phenoxy) is 1. The lowest BCUT2D eigenvalue weighted by molar-refractivity contribution is -0.0730. The molecule has 0 saturated carbocycles. The molecule has 3 heteroatoms. The van der Waals surface area contributed by atoms with E-state index < -0.39 is 0 Å². The summed E-state index contributed by atoms with van der Waals surface area (Å²) in [6.45, 7) is 6.43. The van der Waals surface area contributed by atoms with Crippen LogP contribution in [0.25, 0.3) is 0 Å². The Hall–Kier alpha value is -0.120. The molecule has 0 aliphatic carbocycles. The Balaban J connectivity index is 1.82. The van der Waals surface area contributed by atoms with Crippen LogP contribution >= 0.6 is 0 Å². The summed E-state index contributed by atoms with van der Waals surface area (Å²) in [4.78, 5) is 0. The van der Waals surface area contributed by atoms with Crippen LogP contribution < -0.4 is 5.43 Å². The second-order valence-electron chi connectivity index (χ2n) is 3.31. The minimum atomic E-state index is 0.657. The maximum absolute atomic E-state index is 5.10. The Morgan fingerprint density at radius 2 is 2.30 bits per heavy atom. The number of hydrogen-bond acceptors (Lipinski definition) is 3. The van der Waals surface area contributed by atoms with Crippen LogP contribution in [0, 0.1) is 5.92 Å². The third-order valence-electron chi connectivity index (χ3n) is 2.21. The van der Waals surface area contributed by atoms with Gasteiger partial charge in [-0.25, -0.2) is 5.01 Å². The van der Waals surface area contributed by atoms with Gasteiger partial charge in [-0.05, 0) is 5.92 Å². The number of rotatable bonds is 1. The first kappa shape index (κ1) is 6.58. The lowest BCUT2D eigenvalue weighted by atomic mass is 10.2. The summed E-state index contributed by atoms with van der Waals surface area (Å²) in [6.07, 6.45) is 0.